The number of hydrogen-bond acceptors (Lipinski definition) is 5. The first kappa shape index (κ1) is 14.1. The van der Waals surface area contributed by atoms with Crippen LogP contribution in [0.4, 0.5) is 5.82 Å². The minimum atomic E-state index is -0.473. The fraction of sp³-hybridized carbons (Fsp3) is 0.500. The van der Waals surface area contributed by atoms with E-state index in [-0.39, 0.29) is 12.3 Å². The van der Waals surface area contributed by atoms with Crippen molar-refractivity contribution in [3.05, 3.63) is 11.2 Å². The van der Waals surface area contributed by atoms with E-state index in [1.807, 2.05) is 20.1 Å². The van der Waals surface area contributed by atoms with Gasteiger partial charge in [0.25, 0.3) is 0 Å². The number of thioether (sulfide) groups is 1. The second-order valence-electron chi connectivity index (χ2n) is 4.21. The Labute approximate surface area is 110 Å². The lowest BCUT2D eigenvalue weighted by Crippen LogP contribution is -2.36. The number of hydrogen-bond donors (Lipinski definition) is 2. The molecule has 0 unspecified atom stereocenters. The molecule has 5 nitrogen and oxygen atoms in total. The van der Waals surface area contributed by atoms with E-state index in [1.165, 1.54) is 11.8 Å². The molecule has 0 bridgehead atoms. The van der Waals surface area contributed by atoms with Crippen LogP contribution >= 0.6 is 23.4 Å². The number of primary amides is 1. The van der Waals surface area contributed by atoms with Crippen LogP contribution in [-0.2, 0) is 4.79 Å². The zero-order valence-corrected chi connectivity index (χ0v) is 11.5. The maximum absolute atomic E-state index is 10.9. The molecule has 0 atom stereocenters. The largest absolute Gasteiger partial charge is 0.370 e. The van der Waals surface area contributed by atoms with E-state index in [4.69, 9.17) is 17.3 Å². The molecule has 1 rings (SSSR count). The number of anilines is 1. The number of rotatable bonds is 5. The number of halogens is 1. The second kappa shape index (κ2) is 5.55. The number of amides is 1. The molecule has 94 valence electrons. The van der Waals surface area contributed by atoms with Crippen LogP contribution in [-0.4, -0.2) is 27.7 Å². The van der Waals surface area contributed by atoms with E-state index < -0.39 is 5.54 Å². The molecule has 0 aliphatic rings. The molecule has 0 aliphatic heterocycles. The summed E-state index contributed by atoms with van der Waals surface area (Å²) in [5, 5.41) is 4.06. The summed E-state index contributed by atoms with van der Waals surface area (Å²) in [5.41, 5.74) is 4.70. The standard InChI is InChI=1S/C10H15ClN4OS/c1-10(2,5-7(12)16)15-8-4-6(11)13-9(14-8)17-3/h4H,5H2,1-3H3,(H2,12,16)(H,13,14,15). The molecule has 0 radical (unpaired) electrons. The van der Waals surface area contributed by atoms with Gasteiger partial charge in [-0.15, -0.1) is 0 Å². The lowest BCUT2D eigenvalue weighted by atomic mass is 10.0. The summed E-state index contributed by atoms with van der Waals surface area (Å²) in [5.74, 6) is 0.216. The van der Waals surface area contributed by atoms with Crippen LogP contribution in [0.25, 0.3) is 0 Å². The van der Waals surface area contributed by atoms with Crippen LogP contribution in [0.3, 0.4) is 0 Å². The summed E-state index contributed by atoms with van der Waals surface area (Å²) in [4.78, 5) is 19.2. The maximum atomic E-state index is 10.9. The third-order valence-electron chi connectivity index (χ3n) is 1.94. The Morgan fingerprint density at radius 3 is 2.76 bits per heavy atom. The van der Waals surface area contributed by atoms with Gasteiger partial charge in [-0.05, 0) is 20.1 Å². The molecule has 0 fully saturated rings. The van der Waals surface area contributed by atoms with Gasteiger partial charge in [0.15, 0.2) is 5.16 Å². The van der Waals surface area contributed by atoms with Gasteiger partial charge in [0.2, 0.25) is 5.91 Å². The Balaban J connectivity index is 2.87. The quantitative estimate of drug-likeness (QED) is 0.487. The molecule has 1 amide bonds. The molecule has 0 aliphatic carbocycles. The number of carbonyl (C=O) groups excluding carboxylic acids is 1. The van der Waals surface area contributed by atoms with Crippen molar-refractivity contribution in [3.8, 4) is 0 Å². The predicted molar refractivity (Wildman–Crippen MR) is 70.3 cm³/mol. The Kier molecular flexibility index (Phi) is 4.59. The summed E-state index contributed by atoms with van der Waals surface area (Å²) in [6, 6.07) is 1.62. The first-order valence-electron chi connectivity index (χ1n) is 4.97. The Hall–Kier alpha value is -1.01. The van der Waals surface area contributed by atoms with Gasteiger partial charge >= 0.3 is 0 Å². The minimum Gasteiger partial charge on any atom is -0.370 e. The highest BCUT2D eigenvalue weighted by Gasteiger charge is 2.21. The number of nitrogens with one attached hydrogen (secondary N) is 1. The average Bonchev–Trinajstić information content (AvgIpc) is 2.13. The monoisotopic (exact) mass is 274 g/mol. The number of carbonyl (C=O) groups is 1. The Morgan fingerprint density at radius 2 is 2.24 bits per heavy atom. The minimum absolute atomic E-state index is 0.212. The topological polar surface area (TPSA) is 80.9 Å². The molecule has 0 saturated carbocycles. The summed E-state index contributed by atoms with van der Waals surface area (Å²) < 4.78 is 0. The van der Waals surface area contributed by atoms with Gasteiger partial charge in [-0.25, -0.2) is 9.97 Å². The molecule has 0 aromatic carbocycles. The lowest BCUT2D eigenvalue weighted by Gasteiger charge is -2.25. The summed E-state index contributed by atoms with van der Waals surface area (Å²) >= 11 is 7.27. The van der Waals surface area contributed by atoms with Gasteiger partial charge in [0.05, 0.1) is 0 Å². The fourth-order valence-corrected chi connectivity index (χ4v) is 1.99. The fourth-order valence-electron chi connectivity index (χ4n) is 1.38. The molecule has 0 saturated heterocycles. The van der Waals surface area contributed by atoms with Crippen molar-refractivity contribution in [2.45, 2.75) is 31.0 Å². The van der Waals surface area contributed by atoms with Crippen LogP contribution in [0.2, 0.25) is 5.15 Å². The van der Waals surface area contributed by atoms with Crippen molar-refractivity contribution in [2.24, 2.45) is 5.73 Å². The Bertz CT molecular complexity index is 425. The van der Waals surface area contributed by atoms with Crippen molar-refractivity contribution >= 4 is 35.1 Å². The number of nitrogens with zero attached hydrogens (tertiary/aromatic N) is 2. The van der Waals surface area contributed by atoms with Gasteiger partial charge in [-0.2, -0.15) is 0 Å². The molecule has 17 heavy (non-hydrogen) atoms. The van der Waals surface area contributed by atoms with E-state index in [9.17, 15) is 4.79 Å². The van der Waals surface area contributed by atoms with Gasteiger partial charge in [0, 0.05) is 18.0 Å². The first-order valence-corrected chi connectivity index (χ1v) is 6.58. The van der Waals surface area contributed by atoms with Gasteiger partial charge < -0.3 is 11.1 Å². The summed E-state index contributed by atoms with van der Waals surface area (Å²) in [6.45, 7) is 3.74. The normalized spacial score (nSPS) is 11.3. The van der Waals surface area contributed by atoms with Gasteiger partial charge in [-0.1, -0.05) is 23.4 Å². The molecule has 7 heteroatoms. The van der Waals surface area contributed by atoms with E-state index >= 15 is 0 Å². The van der Waals surface area contributed by atoms with Crippen LogP contribution in [0, 0.1) is 0 Å². The van der Waals surface area contributed by atoms with Crippen LogP contribution < -0.4 is 11.1 Å². The van der Waals surface area contributed by atoms with Crippen LogP contribution in [0.1, 0.15) is 20.3 Å². The molecule has 1 aromatic rings. The van der Waals surface area contributed by atoms with E-state index in [1.54, 1.807) is 6.07 Å². The number of nitrogens with two attached hydrogens (primary N) is 1. The highest BCUT2D eigenvalue weighted by molar-refractivity contribution is 7.98. The van der Waals surface area contributed by atoms with Gasteiger partial charge in [0.1, 0.15) is 11.0 Å². The first-order chi connectivity index (χ1) is 7.82. The summed E-state index contributed by atoms with van der Waals surface area (Å²) in [6.07, 6.45) is 2.08. The van der Waals surface area contributed by atoms with Crippen molar-refractivity contribution < 1.29 is 4.79 Å². The van der Waals surface area contributed by atoms with E-state index in [2.05, 4.69) is 15.3 Å². The van der Waals surface area contributed by atoms with Crippen molar-refractivity contribution in [1.82, 2.24) is 9.97 Å². The molecular formula is C10H15ClN4OS. The molecule has 1 heterocycles. The molecule has 3 N–H and O–H groups in total. The third kappa shape index (κ3) is 4.79. The highest BCUT2D eigenvalue weighted by atomic mass is 35.5. The van der Waals surface area contributed by atoms with Crippen molar-refractivity contribution in [1.29, 1.82) is 0 Å². The third-order valence-corrected chi connectivity index (χ3v) is 2.68. The van der Waals surface area contributed by atoms with Crippen molar-refractivity contribution in [3.63, 3.8) is 0 Å². The molecular weight excluding hydrogens is 260 g/mol. The smallest absolute Gasteiger partial charge is 0.219 e. The average molecular weight is 275 g/mol. The second-order valence-corrected chi connectivity index (χ2v) is 5.38. The summed E-state index contributed by atoms with van der Waals surface area (Å²) in [7, 11) is 0. The highest BCUT2D eigenvalue weighted by Crippen LogP contribution is 2.21. The van der Waals surface area contributed by atoms with Crippen molar-refractivity contribution in [2.75, 3.05) is 11.6 Å². The van der Waals surface area contributed by atoms with E-state index in [0.29, 0.717) is 16.1 Å². The molecule has 0 spiro atoms. The van der Waals surface area contributed by atoms with Gasteiger partial charge in [-0.3, -0.25) is 4.79 Å². The molecule has 1 aromatic heterocycles. The zero-order valence-electron chi connectivity index (χ0n) is 9.95. The van der Waals surface area contributed by atoms with E-state index in [0.717, 1.165) is 0 Å². The number of aromatic nitrogens is 2. The zero-order chi connectivity index (χ0) is 13.1. The maximum Gasteiger partial charge on any atom is 0.219 e. The Morgan fingerprint density at radius 1 is 1.59 bits per heavy atom. The lowest BCUT2D eigenvalue weighted by molar-refractivity contribution is -0.118. The SMILES string of the molecule is CSc1nc(Cl)cc(NC(C)(C)CC(N)=O)n1. The van der Waals surface area contributed by atoms with Crippen LogP contribution in [0.5, 0.6) is 0 Å². The predicted octanol–water partition coefficient (Wildman–Crippen LogP) is 1.92. The van der Waals surface area contributed by atoms with Crippen LogP contribution in [0.15, 0.2) is 11.2 Å².